The fraction of sp³-hybridized carbons (Fsp3) is 0.726. The van der Waals surface area contributed by atoms with Crippen molar-refractivity contribution in [3.63, 3.8) is 0 Å². The number of likely N-dealkylation sites (N-methyl/N-ethyl adjacent to an activating group) is 1. The fourth-order valence-corrected chi connectivity index (χ4v) is 8.77. The molecule has 0 fully saturated rings. The summed E-state index contributed by atoms with van der Waals surface area (Å²) in [6.45, 7) is 4.67. The lowest BCUT2D eigenvalue weighted by molar-refractivity contribution is -0.870. The maximum Gasteiger partial charge on any atom is 0.472 e. The molecule has 71 heavy (non-hydrogen) atoms. The second-order valence-electron chi connectivity index (χ2n) is 20.6. The van der Waals surface area contributed by atoms with Crippen LogP contribution in [-0.2, 0) is 18.4 Å². The van der Waals surface area contributed by atoms with Crippen LogP contribution in [0.3, 0.4) is 0 Å². The van der Waals surface area contributed by atoms with Crippen LogP contribution in [-0.4, -0.2) is 73.4 Å². The molecule has 0 heterocycles. The first kappa shape index (κ1) is 68.4. The third-order valence-electron chi connectivity index (χ3n) is 12.6. The highest BCUT2D eigenvalue weighted by atomic mass is 31.2. The molecule has 0 saturated carbocycles. The highest BCUT2D eigenvalue weighted by Gasteiger charge is 2.27. The molecular formula is C62H112N2O6P+. The summed E-state index contributed by atoms with van der Waals surface area (Å²) in [4.78, 5) is 23.3. The third-order valence-corrected chi connectivity index (χ3v) is 13.5. The Labute approximate surface area is 439 Å². The number of carbonyl (C=O) groups is 1. The van der Waals surface area contributed by atoms with Crippen LogP contribution in [0, 0.1) is 0 Å². The summed E-state index contributed by atoms with van der Waals surface area (Å²) < 4.78 is 23.7. The van der Waals surface area contributed by atoms with Gasteiger partial charge in [-0.15, -0.1) is 0 Å². The summed E-state index contributed by atoms with van der Waals surface area (Å²) in [5.74, 6) is -0.236. The van der Waals surface area contributed by atoms with E-state index in [4.69, 9.17) is 9.05 Å². The van der Waals surface area contributed by atoms with E-state index in [-0.39, 0.29) is 25.5 Å². The van der Waals surface area contributed by atoms with Crippen molar-refractivity contribution in [2.24, 2.45) is 0 Å². The second-order valence-corrected chi connectivity index (χ2v) is 22.1. The van der Waals surface area contributed by atoms with Gasteiger partial charge in [-0.05, 0) is 70.6 Å². The molecule has 0 aromatic carbocycles. The van der Waals surface area contributed by atoms with Gasteiger partial charge in [0, 0.05) is 6.42 Å². The van der Waals surface area contributed by atoms with Gasteiger partial charge in [0.2, 0.25) is 5.91 Å². The predicted molar refractivity (Wildman–Crippen MR) is 309 cm³/mol. The Morgan fingerprint density at radius 3 is 1.23 bits per heavy atom. The molecule has 9 heteroatoms. The number of phosphoric ester groups is 1. The van der Waals surface area contributed by atoms with Gasteiger partial charge < -0.3 is 19.8 Å². The molecule has 0 aliphatic rings. The van der Waals surface area contributed by atoms with Crippen molar-refractivity contribution in [2.45, 2.75) is 251 Å². The van der Waals surface area contributed by atoms with Crippen LogP contribution in [0.25, 0.3) is 0 Å². The molecule has 0 rings (SSSR count). The van der Waals surface area contributed by atoms with Gasteiger partial charge in [-0.2, -0.15) is 0 Å². The number of aliphatic hydroxyl groups is 1. The molecule has 410 valence electrons. The van der Waals surface area contributed by atoms with Crippen LogP contribution in [0.4, 0.5) is 0 Å². The van der Waals surface area contributed by atoms with Crippen molar-refractivity contribution in [1.29, 1.82) is 0 Å². The number of allylic oxidation sites excluding steroid dienone is 15. The minimum atomic E-state index is -4.37. The topological polar surface area (TPSA) is 105 Å². The Hall–Kier alpha value is -2.58. The van der Waals surface area contributed by atoms with Gasteiger partial charge in [-0.25, -0.2) is 4.57 Å². The van der Waals surface area contributed by atoms with E-state index in [0.29, 0.717) is 17.4 Å². The number of nitrogens with zero attached hydrogens (tertiary/aromatic N) is 1. The van der Waals surface area contributed by atoms with Crippen LogP contribution in [0.15, 0.2) is 97.2 Å². The minimum absolute atomic E-state index is 0.0456. The molecule has 3 N–H and O–H groups in total. The molecule has 0 spiro atoms. The lowest BCUT2D eigenvalue weighted by atomic mass is 10.0. The van der Waals surface area contributed by atoms with Crippen molar-refractivity contribution in [1.82, 2.24) is 5.32 Å². The number of hydrogen-bond acceptors (Lipinski definition) is 5. The van der Waals surface area contributed by atoms with Gasteiger partial charge in [0.1, 0.15) is 13.2 Å². The maximum absolute atomic E-state index is 13.0. The van der Waals surface area contributed by atoms with E-state index < -0.39 is 20.0 Å². The molecule has 0 aliphatic carbocycles. The number of amides is 1. The summed E-state index contributed by atoms with van der Waals surface area (Å²) in [6.07, 6.45) is 75.2. The number of aliphatic hydroxyl groups excluding tert-OH is 1. The van der Waals surface area contributed by atoms with Crippen LogP contribution in [0.5, 0.6) is 0 Å². The van der Waals surface area contributed by atoms with Crippen molar-refractivity contribution < 1.29 is 32.9 Å². The predicted octanol–water partition coefficient (Wildman–Crippen LogP) is 17.8. The monoisotopic (exact) mass is 1010 g/mol. The summed E-state index contributed by atoms with van der Waals surface area (Å²) in [5.41, 5.74) is 0. The lowest BCUT2D eigenvalue weighted by Gasteiger charge is -2.25. The van der Waals surface area contributed by atoms with Crippen LogP contribution in [0.2, 0.25) is 0 Å². The Balaban J connectivity index is 4.33. The van der Waals surface area contributed by atoms with Gasteiger partial charge in [-0.1, -0.05) is 259 Å². The maximum atomic E-state index is 13.0. The zero-order chi connectivity index (χ0) is 52.0. The molecule has 8 nitrogen and oxygen atoms in total. The van der Waals surface area contributed by atoms with E-state index in [1.807, 2.05) is 27.2 Å². The molecule has 0 aliphatic heterocycles. The van der Waals surface area contributed by atoms with Gasteiger partial charge in [0.05, 0.1) is 39.9 Å². The molecule has 3 atom stereocenters. The first-order valence-electron chi connectivity index (χ1n) is 29.1. The van der Waals surface area contributed by atoms with Gasteiger partial charge in [0.25, 0.3) is 0 Å². The van der Waals surface area contributed by atoms with E-state index in [1.54, 1.807) is 6.08 Å². The molecule has 0 saturated heterocycles. The highest BCUT2D eigenvalue weighted by Crippen LogP contribution is 2.43. The van der Waals surface area contributed by atoms with E-state index >= 15 is 0 Å². The fourth-order valence-electron chi connectivity index (χ4n) is 8.03. The summed E-state index contributed by atoms with van der Waals surface area (Å²) in [6, 6.07) is -0.885. The molecule has 3 unspecified atom stereocenters. The molecule has 0 aromatic rings. The Kier molecular flexibility index (Phi) is 50.4. The normalized spacial score (nSPS) is 14.6. The third kappa shape index (κ3) is 55.0. The Morgan fingerprint density at radius 1 is 0.493 bits per heavy atom. The number of hydrogen-bond donors (Lipinski definition) is 3. The standard InChI is InChI=1S/C62H111N2O6P/c1-6-8-10-12-14-16-18-20-22-24-26-28-30-31-32-34-35-37-39-41-43-45-47-49-51-53-55-61(65)60(59-70-71(67,68)69-58-57-64(3,4)5)63-62(66)56-54-52-50-48-46-44-42-40-38-36-33-29-27-25-23-21-19-17-15-13-11-9-7-2/h9,11,15,17,21,23,27,29,36,38,42,44,48,50,53,55,60-61,65H,6-8,10,12-14,16,18-20,22,24-26,28,30-35,37,39-41,43,45-47,49,51-52,54,56-59H2,1-5H3,(H-,63,66,67,68)/p+1/b11-9-,17-15-,23-21-,29-27-,38-36-,44-42-,50-48-,55-53+. The molecule has 0 radical (unpaired) electrons. The smallest absolute Gasteiger partial charge is 0.387 e. The largest absolute Gasteiger partial charge is 0.472 e. The minimum Gasteiger partial charge on any atom is -0.387 e. The van der Waals surface area contributed by atoms with Crippen LogP contribution in [0.1, 0.15) is 239 Å². The zero-order valence-electron chi connectivity index (χ0n) is 46.7. The average Bonchev–Trinajstić information content (AvgIpc) is 3.33. The number of phosphoric acid groups is 1. The van der Waals surface area contributed by atoms with E-state index in [9.17, 15) is 19.4 Å². The van der Waals surface area contributed by atoms with Crippen molar-refractivity contribution >= 4 is 13.7 Å². The Morgan fingerprint density at radius 2 is 0.845 bits per heavy atom. The van der Waals surface area contributed by atoms with E-state index in [1.165, 1.54) is 141 Å². The van der Waals surface area contributed by atoms with Crippen LogP contribution < -0.4 is 5.32 Å². The quantitative estimate of drug-likeness (QED) is 0.0243. The highest BCUT2D eigenvalue weighted by molar-refractivity contribution is 7.47. The summed E-state index contributed by atoms with van der Waals surface area (Å²) in [7, 11) is 1.52. The number of rotatable bonds is 52. The number of nitrogens with one attached hydrogen (secondary N) is 1. The van der Waals surface area contributed by atoms with Crippen molar-refractivity contribution in [2.75, 3.05) is 40.9 Å². The molecule has 1 amide bonds. The molecule has 0 bridgehead atoms. The second kappa shape index (κ2) is 52.3. The number of quaternary nitrogens is 1. The van der Waals surface area contributed by atoms with E-state index in [0.717, 1.165) is 70.6 Å². The zero-order valence-corrected chi connectivity index (χ0v) is 47.6. The van der Waals surface area contributed by atoms with Crippen molar-refractivity contribution in [3.05, 3.63) is 97.2 Å². The van der Waals surface area contributed by atoms with Crippen molar-refractivity contribution in [3.8, 4) is 0 Å². The van der Waals surface area contributed by atoms with Gasteiger partial charge in [0.15, 0.2) is 0 Å². The first-order chi connectivity index (χ1) is 34.5. The SMILES string of the molecule is CC/C=C\C/C=C\C/C=C\C/C=C\C/C=C\C/C=C\C/C=C\CCCC(=O)NC(COP(=O)(O)OCC[N+](C)(C)C)C(O)/C=C/CCCCCCCCCCCCCCCCCCCCCCCCCC. The number of unbranched alkanes of at least 4 members (excludes halogenated alkanes) is 25. The number of carbonyl (C=O) groups excluding carboxylic acids is 1. The van der Waals surface area contributed by atoms with Gasteiger partial charge >= 0.3 is 7.82 Å². The van der Waals surface area contributed by atoms with Crippen LogP contribution >= 0.6 is 7.82 Å². The van der Waals surface area contributed by atoms with E-state index in [2.05, 4.69) is 104 Å². The lowest BCUT2D eigenvalue weighted by Crippen LogP contribution is -2.45. The molecule has 0 aromatic heterocycles. The summed E-state index contributed by atoms with van der Waals surface area (Å²) >= 11 is 0. The molecular weight excluding hydrogens is 900 g/mol. The first-order valence-corrected chi connectivity index (χ1v) is 30.6. The summed E-state index contributed by atoms with van der Waals surface area (Å²) in [5, 5.41) is 13.9. The average molecular weight is 1010 g/mol. The van der Waals surface area contributed by atoms with Gasteiger partial charge in [-0.3, -0.25) is 13.8 Å². The Bertz CT molecular complexity index is 1470.